The maximum absolute atomic E-state index is 13.1. The summed E-state index contributed by atoms with van der Waals surface area (Å²) in [6.45, 7) is 1.67. The fourth-order valence-electron chi connectivity index (χ4n) is 2.15. The first-order valence-corrected chi connectivity index (χ1v) is 5.52. The summed E-state index contributed by atoms with van der Waals surface area (Å²) in [4.78, 5) is 0. The highest BCUT2D eigenvalue weighted by Crippen LogP contribution is 2.31. The van der Waals surface area contributed by atoms with Crippen LogP contribution in [-0.2, 0) is 12.6 Å². The van der Waals surface area contributed by atoms with Gasteiger partial charge in [0.15, 0.2) is 0 Å². The molecule has 0 saturated carbocycles. The molecule has 2 rings (SSSR count). The lowest BCUT2D eigenvalue weighted by molar-refractivity contribution is -0.137. The van der Waals surface area contributed by atoms with E-state index in [1.807, 2.05) is 0 Å². The molecule has 1 nitrogen and oxygen atoms in total. The van der Waals surface area contributed by atoms with Gasteiger partial charge in [-0.2, -0.15) is 13.2 Å². The van der Waals surface area contributed by atoms with Crippen LogP contribution >= 0.6 is 0 Å². The van der Waals surface area contributed by atoms with E-state index in [0.29, 0.717) is 24.0 Å². The molecular weight excluding hydrogens is 234 g/mol. The summed E-state index contributed by atoms with van der Waals surface area (Å²) < 4.78 is 50.6. The minimum Gasteiger partial charge on any atom is -0.316 e. The highest BCUT2D eigenvalue weighted by atomic mass is 19.4. The molecule has 94 valence electrons. The number of halogens is 4. The van der Waals surface area contributed by atoms with E-state index >= 15 is 0 Å². The SMILES string of the molecule is Fc1cc(CC2CCNC2)cc(C(F)(F)F)c1. The van der Waals surface area contributed by atoms with Crippen molar-refractivity contribution in [2.45, 2.75) is 19.0 Å². The van der Waals surface area contributed by atoms with Crippen molar-refractivity contribution in [2.75, 3.05) is 13.1 Å². The molecule has 0 radical (unpaired) electrons. The zero-order chi connectivity index (χ0) is 12.5. The van der Waals surface area contributed by atoms with E-state index in [1.54, 1.807) is 0 Å². The van der Waals surface area contributed by atoms with Crippen LogP contribution in [0, 0.1) is 11.7 Å². The monoisotopic (exact) mass is 247 g/mol. The van der Waals surface area contributed by atoms with Crippen molar-refractivity contribution in [3.8, 4) is 0 Å². The quantitative estimate of drug-likeness (QED) is 0.792. The van der Waals surface area contributed by atoms with Gasteiger partial charge < -0.3 is 5.32 Å². The van der Waals surface area contributed by atoms with Crippen molar-refractivity contribution in [3.05, 3.63) is 35.1 Å². The van der Waals surface area contributed by atoms with Crippen LogP contribution in [0.25, 0.3) is 0 Å². The molecule has 1 aliphatic heterocycles. The zero-order valence-corrected chi connectivity index (χ0v) is 9.15. The summed E-state index contributed by atoms with van der Waals surface area (Å²) in [5.41, 5.74) is -0.482. The van der Waals surface area contributed by atoms with Gasteiger partial charge in [-0.05, 0) is 55.6 Å². The summed E-state index contributed by atoms with van der Waals surface area (Å²) >= 11 is 0. The number of benzene rings is 1. The summed E-state index contributed by atoms with van der Waals surface area (Å²) in [5.74, 6) is -0.515. The van der Waals surface area contributed by atoms with Gasteiger partial charge in [-0.1, -0.05) is 0 Å². The van der Waals surface area contributed by atoms with Crippen molar-refractivity contribution < 1.29 is 17.6 Å². The molecule has 0 amide bonds. The second kappa shape index (κ2) is 4.64. The lowest BCUT2D eigenvalue weighted by Crippen LogP contribution is -2.12. The van der Waals surface area contributed by atoms with E-state index in [0.717, 1.165) is 25.6 Å². The topological polar surface area (TPSA) is 12.0 Å². The summed E-state index contributed by atoms with van der Waals surface area (Å²) in [7, 11) is 0. The van der Waals surface area contributed by atoms with Gasteiger partial charge in [-0.3, -0.25) is 0 Å². The number of rotatable bonds is 2. The standard InChI is InChI=1S/C12H13F4N/c13-11-5-9(3-8-1-2-17-7-8)4-10(6-11)12(14,15)16/h4-6,8,17H,1-3,7H2. The Kier molecular flexibility index (Phi) is 3.38. The van der Waals surface area contributed by atoms with Gasteiger partial charge in [0.25, 0.3) is 0 Å². The predicted molar refractivity (Wildman–Crippen MR) is 56.1 cm³/mol. The normalized spacial score (nSPS) is 20.8. The van der Waals surface area contributed by atoms with Crippen LogP contribution in [0.1, 0.15) is 17.5 Å². The van der Waals surface area contributed by atoms with Gasteiger partial charge in [0, 0.05) is 0 Å². The van der Waals surface area contributed by atoms with Gasteiger partial charge in [-0.25, -0.2) is 4.39 Å². The Morgan fingerprint density at radius 2 is 2.00 bits per heavy atom. The van der Waals surface area contributed by atoms with Crippen LogP contribution < -0.4 is 5.32 Å². The third-order valence-electron chi connectivity index (χ3n) is 2.97. The Labute approximate surface area is 96.8 Å². The Hall–Kier alpha value is -1.10. The van der Waals surface area contributed by atoms with Gasteiger partial charge in [0.1, 0.15) is 5.82 Å². The van der Waals surface area contributed by atoms with E-state index in [-0.39, 0.29) is 0 Å². The molecule has 5 heteroatoms. The predicted octanol–water partition coefficient (Wildman–Crippen LogP) is 3.00. The van der Waals surface area contributed by atoms with Gasteiger partial charge in [-0.15, -0.1) is 0 Å². The third-order valence-corrected chi connectivity index (χ3v) is 2.97. The molecule has 0 aromatic heterocycles. The van der Waals surface area contributed by atoms with Crippen LogP contribution in [0.2, 0.25) is 0 Å². The summed E-state index contributed by atoms with van der Waals surface area (Å²) in [6.07, 6.45) is -3.06. The third kappa shape index (κ3) is 3.19. The average Bonchev–Trinajstić information content (AvgIpc) is 2.68. The van der Waals surface area contributed by atoms with E-state index < -0.39 is 17.6 Å². The lowest BCUT2D eigenvalue weighted by Gasteiger charge is -2.12. The van der Waals surface area contributed by atoms with Crippen LogP contribution in [0.3, 0.4) is 0 Å². The van der Waals surface area contributed by atoms with Gasteiger partial charge >= 0.3 is 6.18 Å². The first kappa shape index (κ1) is 12.4. The van der Waals surface area contributed by atoms with E-state index in [2.05, 4.69) is 5.32 Å². The molecule has 0 spiro atoms. The first-order chi connectivity index (χ1) is 7.95. The second-order valence-corrected chi connectivity index (χ2v) is 4.41. The fourth-order valence-corrected chi connectivity index (χ4v) is 2.15. The smallest absolute Gasteiger partial charge is 0.316 e. The molecular formula is C12H13F4N. The molecule has 1 aromatic carbocycles. The van der Waals surface area contributed by atoms with Crippen molar-refractivity contribution >= 4 is 0 Å². The maximum Gasteiger partial charge on any atom is 0.416 e. The lowest BCUT2D eigenvalue weighted by atomic mass is 9.97. The fraction of sp³-hybridized carbons (Fsp3) is 0.500. The number of nitrogens with one attached hydrogen (secondary N) is 1. The molecule has 1 atom stereocenters. The first-order valence-electron chi connectivity index (χ1n) is 5.52. The number of hydrogen-bond donors (Lipinski definition) is 1. The van der Waals surface area contributed by atoms with Crippen LogP contribution in [0.4, 0.5) is 17.6 Å². The van der Waals surface area contributed by atoms with Gasteiger partial charge in [0.2, 0.25) is 0 Å². The van der Waals surface area contributed by atoms with Crippen LogP contribution in [0.15, 0.2) is 18.2 Å². The van der Waals surface area contributed by atoms with Crippen molar-refractivity contribution in [1.29, 1.82) is 0 Å². The Morgan fingerprint density at radius 3 is 2.59 bits per heavy atom. The molecule has 1 saturated heterocycles. The Balaban J connectivity index is 2.19. The van der Waals surface area contributed by atoms with Crippen LogP contribution in [0.5, 0.6) is 0 Å². The molecule has 17 heavy (non-hydrogen) atoms. The second-order valence-electron chi connectivity index (χ2n) is 4.41. The largest absolute Gasteiger partial charge is 0.416 e. The van der Waals surface area contributed by atoms with Crippen molar-refractivity contribution in [2.24, 2.45) is 5.92 Å². The maximum atomic E-state index is 13.1. The number of hydrogen-bond acceptors (Lipinski definition) is 1. The Bertz CT molecular complexity index is 394. The zero-order valence-electron chi connectivity index (χ0n) is 9.15. The van der Waals surface area contributed by atoms with Gasteiger partial charge in [0.05, 0.1) is 5.56 Å². The van der Waals surface area contributed by atoms with E-state index in [4.69, 9.17) is 0 Å². The van der Waals surface area contributed by atoms with Crippen molar-refractivity contribution in [1.82, 2.24) is 5.32 Å². The van der Waals surface area contributed by atoms with E-state index in [1.165, 1.54) is 6.07 Å². The Morgan fingerprint density at radius 1 is 1.24 bits per heavy atom. The van der Waals surface area contributed by atoms with Crippen LogP contribution in [-0.4, -0.2) is 13.1 Å². The minimum atomic E-state index is -4.48. The summed E-state index contributed by atoms with van der Waals surface area (Å²) in [6, 6.07) is 2.77. The van der Waals surface area contributed by atoms with E-state index in [9.17, 15) is 17.6 Å². The minimum absolute atomic E-state index is 0.304. The molecule has 0 bridgehead atoms. The molecule has 1 heterocycles. The molecule has 1 N–H and O–H groups in total. The molecule has 1 fully saturated rings. The highest BCUT2D eigenvalue weighted by Gasteiger charge is 2.31. The highest BCUT2D eigenvalue weighted by molar-refractivity contribution is 5.27. The van der Waals surface area contributed by atoms with Crippen molar-refractivity contribution in [3.63, 3.8) is 0 Å². The number of alkyl halides is 3. The molecule has 1 aromatic rings. The molecule has 0 aliphatic carbocycles. The average molecular weight is 247 g/mol. The summed E-state index contributed by atoms with van der Waals surface area (Å²) in [5, 5.41) is 3.14. The molecule has 1 unspecified atom stereocenters. The molecule has 1 aliphatic rings.